The summed E-state index contributed by atoms with van der Waals surface area (Å²) in [6.07, 6.45) is 10.7. The lowest BCUT2D eigenvalue weighted by atomic mass is 10.1. The first-order valence-electron chi connectivity index (χ1n) is 7.58. The molecular formula is C15H33BrClN. The van der Waals surface area contributed by atoms with E-state index in [1.807, 2.05) is 0 Å². The van der Waals surface area contributed by atoms with Crippen molar-refractivity contribution in [1.82, 2.24) is 0 Å². The molecule has 0 radical (unpaired) electrons. The number of unbranched alkanes of at least 4 members (excludes halogenated alkanes) is 5. The van der Waals surface area contributed by atoms with Gasteiger partial charge in [0.15, 0.2) is 0 Å². The van der Waals surface area contributed by atoms with E-state index in [9.17, 15) is 0 Å². The molecule has 0 rings (SSSR count). The summed E-state index contributed by atoms with van der Waals surface area (Å²) >= 11 is 5.78. The number of nitrogens with zero attached hydrogens (tertiary/aromatic N) is 1. The molecule has 0 spiro atoms. The molecule has 0 bridgehead atoms. The smallest absolute Gasteiger partial charge is 0.0784 e. The molecule has 0 fully saturated rings. The average molecular weight is 343 g/mol. The highest BCUT2D eigenvalue weighted by Gasteiger charge is 2.19. The van der Waals surface area contributed by atoms with Crippen molar-refractivity contribution in [3.8, 4) is 0 Å². The van der Waals surface area contributed by atoms with Crippen LogP contribution in [0.25, 0.3) is 0 Å². The normalized spacial score (nSPS) is 11.3. The van der Waals surface area contributed by atoms with E-state index in [4.69, 9.17) is 11.6 Å². The van der Waals surface area contributed by atoms with E-state index in [2.05, 4.69) is 20.9 Å². The second-order valence-corrected chi connectivity index (χ2v) is 5.98. The number of rotatable bonds is 12. The minimum Gasteiger partial charge on any atom is -1.00 e. The van der Waals surface area contributed by atoms with Crippen LogP contribution in [0.4, 0.5) is 0 Å². The van der Waals surface area contributed by atoms with Crippen molar-refractivity contribution in [3.05, 3.63) is 0 Å². The molecule has 1 nitrogen and oxygen atoms in total. The van der Waals surface area contributed by atoms with E-state index in [1.54, 1.807) is 0 Å². The molecule has 0 N–H and O–H groups in total. The lowest BCUT2D eigenvalue weighted by molar-refractivity contribution is -0.910. The van der Waals surface area contributed by atoms with Gasteiger partial charge in [0.2, 0.25) is 0 Å². The third-order valence-electron chi connectivity index (χ3n) is 3.68. The first kappa shape index (κ1) is 21.0. The Morgan fingerprint density at radius 2 is 1.11 bits per heavy atom. The molecule has 0 amide bonds. The zero-order valence-electron chi connectivity index (χ0n) is 12.7. The van der Waals surface area contributed by atoms with Crippen molar-refractivity contribution >= 4 is 11.6 Å². The predicted octanol–water partition coefficient (Wildman–Crippen LogP) is 1.84. The van der Waals surface area contributed by atoms with Gasteiger partial charge < -0.3 is 21.5 Å². The first-order chi connectivity index (χ1) is 8.18. The summed E-state index contributed by atoms with van der Waals surface area (Å²) in [5, 5.41) is 0. The molecule has 0 aliphatic heterocycles. The lowest BCUT2D eigenvalue weighted by Crippen LogP contribution is -3.00. The molecule has 0 heterocycles. The fourth-order valence-electron chi connectivity index (χ4n) is 2.41. The summed E-state index contributed by atoms with van der Waals surface area (Å²) in [6, 6.07) is 0. The van der Waals surface area contributed by atoms with Gasteiger partial charge in [0.05, 0.1) is 26.7 Å². The topological polar surface area (TPSA) is 0 Å². The van der Waals surface area contributed by atoms with E-state index < -0.39 is 0 Å². The third kappa shape index (κ3) is 11.8. The number of halogens is 2. The van der Waals surface area contributed by atoms with Gasteiger partial charge in [0, 0.05) is 5.88 Å². The molecule has 112 valence electrons. The van der Waals surface area contributed by atoms with Crippen LogP contribution in [0.2, 0.25) is 0 Å². The predicted molar refractivity (Wildman–Crippen MR) is 79.8 cm³/mol. The summed E-state index contributed by atoms with van der Waals surface area (Å²) in [5.41, 5.74) is 0. The summed E-state index contributed by atoms with van der Waals surface area (Å²) < 4.78 is 1.27. The van der Waals surface area contributed by atoms with Crippen LogP contribution in [-0.2, 0) is 0 Å². The fraction of sp³-hybridized carbons (Fsp3) is 1.00. The summed E-state index contributed by atoms with van der Waals surface area (Å²) in [6.45, 7) is 8.61. The van der Waals surface area contributed by atoms with E-state index in [-0.39, 0.29) is 17.0 Å². The quantitative estimate of drug-likeness (QED) is 0.288. The van der Waals surface area contributed by atoms with Gasteiger partial charge in [-0.25, -0.2) is 0 Å². The van der Waals surface area contributed by atoms with Crippen LogP contribution in [0.3, 0.4) is 0 Å². The molecule has 0 saturated heterocycles. The molecule has 0 aromatic heterocycles. The monoisotopic (exact) mass is 341 g/mol. The molecule has 0 saturated carbocycles. The Kier molecular flexibility index (Phi) is 16.5. The van der Waals surface area contributed by atoms with Crippen LogP contribution in [0.1, 0.15) is 65.2 Å². The molecule has 0 atom stereocenters. The molecule has 3 heteroatoms. The second-order valence-electron chi connectivity index (χ2n) is 5.60. The summed E-state index contributed by atoms with van der Waals surface area (Å²) in [5.74, 6) is 0.823. The summed E-state index contributed by atoms with van der Waals surface area (Å²) in [7, 11) is 2.44. The second kappa shape index (κ2) is 14.1. The van der Waals surface area contributed by atoms with Gasteiger partial charge in [0.1, 0.15) is 0 Å². The van der Waals surface area contributed by atoms with Gasteiger partial charge in [-0.1, -0.05) is 26.7 Å². The Bertz CT molecular complexity index is 138. The van der Waals surface area contributed by atoms with Crippen molar-refractivity contribution in [2.75, 3.05) is 32.6 Å². The van der Waals surface area contributed by atoms with Gasteiger partial charge >= 0.3 is 0 Å². The van der Waals surface area contributed by atoms with Crippen molar-refractivity contribution in [1.29, 1.82) is 0 Å². The third-order valence-corrected chi connectivity index (χ3v) is 3.95. The highest BCUT2D eigenvalue weighted by atomic mass is 79.9. The van der Waals surface area contributed by atoms with Gasteiger partial charge in [-0.2, -0.15) is 0 Å². The average Bonchev–Trinajstić information content (AvgIpc) is 2.30. The molecular weight excluding hydrogens is 310 g/mol. The minimum absolute atomic E-state index is 0. The first-order valence-corrected chi connectivity index (χ1v) is 8.11. The Morgan fingerprint density at radius 1 is 0.722 bits per heavy atom. The van der Waals surface area contributed by atoms with Crippen molar-refractivity contribution in [2.24, 2.45) is 0 Å². The summed E-state index contributed by atoms with van der Waals surface area (Å²) in [4.78, 5) is 0. The van der Waals surface area contributed by atoms with Crippen LogP contribution in [0, 0.1) is 0 Å². The standard InChI is InChI=1S/C15H33ClN.BrH/c1-4-6-9-13-17(3,14-10-7-5-2)15-11-8-12-16;/h4-15H2,1-3H3;1H/q+1;/p-1. The van der Waals surface area contributed by atoms with E-state index in [0.717, 1.165) is 5.88 Å². The maximum atomic E-state index is 5.78. The largest absolute Gasteiger partial charge is 1.00 e. The van der Waals surface area contributed by atoms with E-state index in [1.165, 1.54) is 75.5 Å². The Morgan fingerprint density at radius 3 is 1.44 bits per heavy atom. The minimum atomic E-state index is 0. The van der Waals surface area contributed by atoms with Crippen LogP contribution in [0.15, 0.2) is 0 Å². The molecule has 0 unspecified atom stereocenters. The van der Waals surface area contributed by atoms with Crippen LogP contribution in [0.5, 0.6) is 0 Å². The number of hydrogen-bond donors (Lipinski definition) is 0. The zero-order valence-corrected chi connectivity index (χ0v) is 15.0. The van der Waals surface area contributed by atoms with Crippen molar-refractivity contribution in [3.63, 3.8) is 0 Å². The maximum absolute atomic E-state index is 5.78. The van der Waals surface area contributed by atoms with Crippen molar-refractivity contribution in [2.45, 2.75) is 65.2 Å². The van der Waals surface area contributed by atoms with Crippen molar-refractivity contribution < 1.29 is 21.5 Å². The van der Waals surface area contributed by atoms with E-state index >= 15 is 0 Å². The SMILES string of the molecule is CCCCC[N+](C)(CCCCC)CCCCCl.[Br-]. The number of quaternary nitrogens is 1. The number of alkyl halides is 1. The van der Waals surface area contributed by atoms with Gasteiger partial charge in [0.25, 0.3) is 0 Å². The lowest BCUT2D eigenvalue weighted by Gasteiger charge is -2.35. The Hall–Kier alpha value is 0.730. The molecule has 0 aliphatic carbocycles. The molecule has 0 aromatic rings. The molecule has 0 aromatic carbocycles. The van der Waals surface area contributed by atoms with Crippen LogP contribution in [-0.4, -0.2) is 37.0 Å². The number of hydrogen-bond acceptors (Lipinski definition) is 0. The highest BCUT2D eigenvalue weighted by molar-refractivity contribution is 6.17. The van der Waals surface area contributed by atoms with Crippen LogP contribution < -0.4 is 17.0 Å². The Labute approximate surface area is 131 Å². The molecule has 0 aliphatic rings. The Balaban J connectivity index is 0. The fourth-order valence-corrected chi connectivity index (χ4v) is 2.60. The van der Waals surface area contributed by atoms with Gasteiger partial charge in [-0.15, -0.1) is 11.6 Å². The zero-order chi connectivity index (χ0) is 13.0. The maximum Gasteiger partial charge on any atom is 0.0784 e. The van der Waals surface area contributed by atoms with Gasteiger partial charge in [-0.05, 0) is 38.5 Å². The molecule has 18 heavy (non-hydrogen) atoms. The van der Waals surface area contributed by atoms with Gasteiger partial charge in [-0.3, -0.25) is 0 Å². The van der Waals surface area contributed by atoms with Crippen LogP contribution >= 0.6 is 11.6 Å². The van der Waals surface area contributed by atoms with E-state index in [0.29, 0.717) is 0 Å². The highest BCUT2D eigenvalue weighted by Crippen LogP contribution is 2.12.